The van der Waals surface area contributed by atoms with Gasteiger partial charge in [-0.15, -0.1) is 0 Å². The van der Waals surface area contributed by atoms with Gasteiger partial charge in [0, 0.05) is 38.5 Å². The van der Waals surface area contributed by atoms with E-state index in [2.05, 4.69) is 17.0 Å². The maximum atomic E-state index is 13.0. The van der Waals surface area contributed by atoms with Crippen LogP contribution in [0.2, 0.25) is 0 Å². The van der Waals surface area contributed by atoms with Crippen LogP contribution in [0.15, 0.2) is 54.6 Å². The van der Waals surface area contributed by atoms with E-state index in [0.29, 0.717) is 11.7 Å². The second-order valence-corrected chi connectivity index (χ2v) is 11.0. The molecule has 2 saturated carbocycles. The molecule has 3 aliphatic rings. The molecule has 5 rings (SSSR count). The molecule has 0 radical (unpaired) electrons. The number of esters is 1. The topological polar surface area (TPSA) is 59.1 Å². The molecule has 0 aromatic heterocycles. The van der Waals surface area contributed by atoms with Crippen molar-refractivity contribution in [1.82, 2.24) is 9.80 Å². The summed E-state index contributed by atoms with van der Waals surface area (Å²) in [5.41, 5.74) is 2.17. The molecule has 1 amide bonds. The first-order valence-corrected chi connectivity index (χ1v) is 13.4. The zero-order valence-electron chi connectivity index (χ0n) is 21.5. The minimum absolute atomic E-state index is 0.0485. The van der Waals surface area contributed by atoms with Crippen LogP contribution < -0.4 is 4.74 Å². The van der Waals surface area contributed by atoms with Crippen molar-refractivity contribution in [2.45, 2.75) is 63.5 Å². The van der Waals surface area contributed by atoms with Crippen LogP contribution in [0.4, 0.5) is 4.79 Å². The lowest BCUT2D eigenvalue weighted by atomic mass is 9.58. The number of amides is 1. The molecule has 36 heavy (non-hydrogen) atoms. The second-order valence-electron chi connectivity index (χ2n) is 11.0. The Bertz CT molecular complexity index is 1070. The molecule has 3 fully saturated rings. The van der Waals surface area contributed by atoms with Crippen molar-refractivity contribution in [3.8, 4) is 5.75 Å². The summed E-state index contributed by atoms with van der Waals surface area (Å²) in [4.78, 5) is 29.1. The molecular formula is C30H38N2O4. The summed E-state index contributed by atoms with van der Waals surface area (Å²) in [6, 6.07) is 18.0. The van der Waals surface area contributed by atoms with E-state index in [1.54, 1.807) is 0 Å². The Morgan fingerprint density at radius 2 is 1.86 bits per heavy atom. The van der Waals surface area contributed by atoms with E-state index in [9.17, 15) is 9.59 Å². The zero-order valence-corrected chi connectivity index (χ0v) is 21.5. The van der Waals surface area contributed by atoms with Gasteiger partial charge in [0.1, 0.15) is 12.4 Å². The molecule has 0 unspecified atom stereocenters. The summed E-state index contributed by atoms with van der Waals surface area (Å²) in [6.07, 6.45) is 6.47. The first kappa shape index (κ1) is 24.8. The Balaban J connectivity index is 1.34. The first-order chi connectivity index (χ1) is 17.4. The van der Waals surface area contributed by atoms with E-state index in [1.165, 1.54) is 31.9 Å². The average molecular weight is 491 g/mol. The summed E-state index contributed by atoms with van der Waals surface area (Å²) >= 11 is 0. The zero-order chi connectivity index (χ0) is 25.1. The second kappa shape index (κ2) is 10.6. The molecule has 1 aliphatic heterocycles. The molecule has 2 aliphatic carbocycles. The smallest absolute Gasteiger partial charge is 0.410 e. The molecule has 6 heteroatoms. The molecule has 1 saturated heterocycles. The quantitative estimate of drug-likeness (QED) is 0.384. The van der Waals surface area contributed by atoms with E-state index in [4.69, 9.17) is 9.47 Å². The van der Waals surface area contributed by atoms with Gasteiger partial charge in [-0.2, -0.15) is 0 Å². The molecule has 2 aromatic rings. The predicted molar refractivity (Wildman–Crippen MR) is 139 cm³/mol. The highest BCUT2D eigenvalue weighted by Crippen LogP contribution is 2.51. The number of likely N-dealkylation sites (tertiary alicyclic amines) is 1. The van der Waals surface area contributed by atoms with Crippen LogP contribution >= 0.6 is 0 Å². The van der Waals surface area contributed by atoms with Crippen LogP contribution in [-0.4, -0.2) is 54.6 Å². The SMILES string of the molecule is CC(=O)Oc1cccc([C@@]23CCN(CC4CC4)C[C@H]2CC[C@H](N(C)C(=O)OCc2ccccc2)C3)c1. The standard InChI is InChI=1S/C30H38N2O4/c1-22(33)36-28-10-6-9-25(17-28)30-15-16-32(19-23-11-12-23)20-26(30)13-14-27(18-30)31(2)29(34)35-21-24-7-4-3-5-8-24/h3-10,17,23,26-27H,11-16,18-21H2,1-2H3/t26-,27+,30+/m1/s1. The number of piperidine rings is 1. The van der Waals surface area contributed by atoms with E-state index >= 15 is 0 Å². The van der Waals surface area contributed by atoms with E-state index in [1.807, 2.05) is 54.4 Å². The fourth-order valence-electron chi connectivity index (χ4n) is 6.36. The summed E-state index contributed by atoms with van der Waals surface area (Å²) in [5, 5.41) is 0. The van der Waals surface area contributed by atoms with Gasteiger partial charge in [-0.05, 0) is 80.2 Å². The Morgan fingerprint density at radius 3 is 2.61 bits per heavy atom. The van der Waals surface area contributed by atoms with Gasteiger partial charge in [0.25, 0.3) is 0 Å². The van der Waals surface area contributed by atoms with Gasteiger partial charge in [0.05, 0.1) is 0 Å². The van der Waals surface area contributed by atoms with Gasteiger partial charge in [-0.3, -0.25) is 4.79 Å². The Labute approximate surface area is 214 Å². The van der Waals surface area contributed by atoms with Gasteiger partial charge in [0.15, 0.2) is 0 Å². The number of rotatable bonds is 7. The largest absolute Gasteiger partial charge is 0.445 e. The number of nitrogens with zero attached hydrogens (tertiary/aromatic N) is 2. The average Bonchev–Trinajstić information content (AvgIpc) is 3.71. The number of hydrogen-bond acceptors (Lipinski definition) is 5. The predicted octanol–water partition coefficient (Wildman–Crippen LogP) is 5.40. The Kier molecular flexibility index (Phi) is 7.33. The molecule has 2 aromatic carbocycles. The molecule has 192 valence electrons. The number of carbonyl (C=O) groups is 2. The lowest BCUT2D eigenvalue weighted by Gasteiger charge is -2.54. The number of hydrogen-bond donors (Lipinski definition) is 0. The molecule has 0 N–H and O–H groups in total. The number of benzene rings is 2. The lowest BCUT2D eigenvalue weighted by molar-refractivity contribution is -0.131. The third kappa shape index (κ3) is 5.59. The summed E-state index contributed by atoms with van der Waals surface area (Å²) in [7, 11) is 1.88. The number of ether oxygens (including phenoxy) is 2. The minimum atomic E-state index is -0.303. The first-order valence-electron chi connectivity index (χ1n) is 13.4. The fourth-order valence-corrected chi connectivity index (χ4v) is 6.36. The highest BCUT2D eigenvalue weighted by molar-refractivity contribution is 5.69. The van der Waals surface area contributed by atoms with Gasteiger partial charge >= 0.3 is 12.1 Å². The monoisotopic (exact) mass is 490 g/mol. The van der Waals surface area contributed by atoms with Gasteiger partial charge in [0.2, 0.25) is 0 Å². The normalized spacial score (nSPS) is 26.1. The Hall–Kier alpha value is -2.86. The van der Waals surface area contributed by atoms with Crippen molar-refractivity contribution >= 4 is 12.1 Å². The number of carbonyl (C=O) groups excluding carboxylic acids is 2. The molecule has 0 spiro atoms. The molecule has 0 bridgehead atoms. The van der Waals surface area contributed by atoms with Crippen molar-refractivity contribution in [3.63, 3.8) is 0 Å². The van der Waals surface area contributed by atoms with Crippen LogP contribution in [0, 0.1) is 11.8 Å². The van der Waals surface area contributed by atoms with Crippen LogP contribution in [0.3, 0.4) is 0 Å². The number of fused-ring (bicyclic) bond motifs is 1. The summed E-state index contributed by atoms with van der Waals surface area (Å²) in [6.45, 7) is 5.11. The summed E-state index contributed by atoms with van der Waals surface area (Å²) in [5.74, 6) is 1.70. The summed E-state index contributed by atoms with van der Waals surface area (Å²) < 4.78 is 11.1. The molecule has 1 heterocycles. The van der Waals surface area contributed by atoms with Crippen LogP contribution in [0.25, 0.3) is 0 Å². The lowest BCUT2D eigenvalue weighted by Crippen LogP contribution is -2.56. The van der Waals surface area contributed by atoms with Gasteiger partial charge < -0.3 is 19.3 Å². The van der Waals surface area contributed by atoms with Crippen molar-refractivity contribution in [2.24, 2.45) is 11.8 Å². The van der Waals surface area contributed by atoms with E-state index in [-0.39, 0.29) is 30.1 Å². The third-order valence-corrected chi connectivity index (χ3v) is 8.51. The highest BCUT2D eigenvalue weighted by atomic mass is 16.6. The van der Waals surface area contributed by atoms with Crippen molar-refractivity contribution < 1.29 is 19.1 Å². The third-order valence-electron chi connectivity index (χ3n) is 8.51. The van der Waals surface area contributed by atoms with Crippen LogP contribution in [0.1, 0.15) is 56.6 Å². The molecule has 3 atom stereocenters. The van der Waals surface area contributed by atoms with Crippen molar-refractivity contribution in [2.75, 3.05) is 26.7 Å². The van der Waals surface area contributed by atoms with E-state index < -0.39 is 0 Å². The van der Waals surface area contributed by atoms with Crippen LogP contribution in [0.5, 0.6) is 5.75 Å². The van der Waals surface area contributed by atoms with Crippen LogP contribution in [-0.2, 0) is 21.6 Å². The van der Waals surface area contributed by atoms with Gasteiger partial charge in [-0.25, -0.2) is 4.79 Å². The minimum Gasteiger partial charge on any atom is -0.445 e. The molecule has 6 nitrogen and oxygen atoms in total. The van der Waals surface area contributed by atoms with Gasteiger partial charge in [-0.1, -0.05) is 42.5 Å². The van der Waals surface area contributed by atoms with Crippen molar-refractivity contribution in [3.05, 3.63) is 65.7 Å². The Morgan fingerprint density at radius 1 is 1.06 bits per heavy atom. The van der Waals surface area contributed by atoms with E-state index in [0.717, 1.165) is 50.3 Å². The maximum absolute atomic E-state index is 13.0. The fraction of sp³-hybridized carbons (Fsp3) is 0.533. The molecular weight excluding hydrogens is 452 g/mol. The van der Waals surface area contributed by atoms with Crippen molar-refractivity contribution in [1.29, 1.82) is 0 Å². The highest BCUT2D eigenvalue weighted by Gasteiger charge is 2.49. The maximum Gasteiger partial charge on any atom is 0.410 e.